The Hall–Kier alpha value is -4.33. The van der Waals surface area contributed by atoms with Crippen LogP contribution in [0.15, 0.2) is 91.2 Å². The van der Waals surface area contributed by atoms with Crippen LogP contribution in [0.4, 0.5) is 18.9 Å². The molecule has 0 radical (unpaired) electrons. The van der Waals surface area contributed by atoms with E-state index in [-0.39, 0.29) is 5.91 Å². The number of carbonyl (C=O) groups is 1. The Labute approximate surface area is 199 Å². The largest absolute Gasteiger partial charge is 0.494 e. The molecule has 0 bridgehead atoms. The highest BCUT2D eigenvalue weighted by Gasteiger charge is 2.30. The minimum absolute atomic E-state index is 0.353. The molecule has 1 aromatic heterocycles. The van der Waals surface area contributed by atoms with Gasteiger partial charge < -0.3 is 10.1 Å². The number of allylic oxidation sites excluding steroid dienone is 2. The first-order valence-corrected chi connectivity index (χ1v) is 10.9. The highest BCUT2D eigenvalue weighted by molar-refractivity contribution is 6.05. The first-order chi connectivity index (χ1) is 16.8. The van der Waals surface area contributed by atoms with Crippen molar-refractivity contribution < 1.29 is 22.7 Å². The number of hydrogen-bond acceptors (Lipinski definition) is 3. The number of hydrogen-bond donors (Lipinski definition) is 2. The van der Waals surface area contributed by atoms with Crippen LogP contribution in [0.25, 0.3) is 16.5 Å². The van der Waals surface area contributed by atoms with Crippen LogP contribution >= 0.6 is 0 Å². The van der Waals surface area contributed by atoms with Gasteiger partial charge in [0.2, 0.25) is 5.91 Å². The van der Waals surface area contributed by atoms with Crippen molar-refractivity contribution in [3.63, 3.8) is 0 Å². The molecule has 4 aromatic rings. The average Bonchev–Trinajstić information content (AvgIpc) is 3.32. The fourth-order valence-corrected chi connectivity index (χ4v) is 3.58. The van der Waals surface area contributed by atoms with Crippen molar-refractivity contribution in [2.75, 3.05) is 11.9 Å². The molecular weight excluding hydrogens is 455 g/mol. The molecule has 0 fully saturated rings. The Bertz CT molecular complexity index is 1370. The van der Waals surface area contributed by atoms with Gasteiger partial charge in [0.15, 0.2) is 0 Å². The van der Waals surface area contributed by atoms with Crippen LogP contribution in [0.1, 0.15) is 23.6 Å². The monoisotopic (exact) mass is 477 g/mol. The summed E-state index contributed by atoms with van der Waals surface area (Å²) in [6.07, 6.45) is 1.82. The SMILES string of the molecule is CCOc1ccc(C(=CC=CC(=O)Nc2cccc3[nH]ncc23)c2ccc(C(F)(F)F)cc2)cc1. The van der Waals surface area contributed by atoms with Crippen molar-refractivity contribution in [2.24, 2.45) is 0 Å². The van der Waals surface area contributed by atoms with Crippen LogP contribution in [0.3, 0.4) is 0 Å². The van der Waals surface area contributed by atoms with E-state index in [1.165, 1.54) is 18.2 Å². The third kappa shape index (κ3) is 5.78. The number of nitrogens with one attached hydrogen (secondary N) is 2. The number of benzene rings is 3. The van der Waals surface area contributed by atoms with E-state index in [1.807, 2.05) is 25.1 Å². The summed E-state index contributed by atoms with van der Waals surface area (Å²) in [5, 5.41) is 10.4. The van der Waals surface area contributed by atoms with E-state index < -0.39 is 11.7 Å². The molecule has 1 amide bonds. The lowest BCUT2D eigenvalue weighted by Gasteiger charge is -2.12. The molecule has 0 saturated heterocycles. The van der Waals surface area contributed by atoms with Gasteiger partial charge in [-0.05, 0) is 60.0 Å². The van der Waals surface area contributed by atoms with Gasteiger partial charge in [-0.15, -0.1) is 0 Å². The van der Waals surface area contributed by atoms with Gasteiger partial charge in [0.25, 0.3) is 0 Å². The molecule has 0 spiro atoms. The van der Waals surface area contributed by atoms with Gasteiger partial charge in [-0.2, -0.15) is 18.3 Å². The van der Waals surface area contributed by atoms with E-state index in [4.69, 9.17) is 4.74 Å². The van der Waals surface area contributed by atoms with Gasteiger partial charge in [0.1, 0.15) is 5.75 Å². The lowest BCUT2D eigenvalue weighted by molar-refractivity contribution is -0.137. The van der Waals surface area contributed by atoms with Crippen LogP contribution in [0.5, 0.6) is 5.75 Å². The van der Waals surface area contributed by atoms with Crippen molar-refractivity contribution >= 4 is 28.1 Å². The van der Waals surface area contributed by atoms with Crippen LogP contribution in [0.2, 0.25) is 0 Å². The molecule has 35 heavy (non-hydrogen) atoms. The smallest absolute Gasteiger partial charge is 0.416 e. The number of H-pyrrole nitrogens is 1. The van der Waals surface area contributed by atoms with Gasteiger partial charge >= 0.3 is 6.18 Å². The molecule has 0 saturated carbocycles. The number of amides is 1. The van der Waals surface area contributed by atoms with Gasteiger partial charge in [-0.25, -0.2) is 0 Å². The van der Waals surface area contributed by atoms with Crippen LogP contribution in [-0.2, 0) is 11.0 Å². The Morgan fingerprint density at radius 3 is 2.37 bits per heavy atom. The molecule has 0 unspecified atom stereocenters. The van der Waals surface area contributed by atoms with Crippen LogP contribution in [0, 0.1) is 0 Å². The Balaban J connectivity index is 1.60. The number of aromatic nitrogens is 2. The first-order valence-electron chi connectivity index (χ1n) is 10.9. The zero-order valence-corrected chi connectivity index (χ0v) is 18.8. The van der Waals surface area contributed by atoms with E-state index in [9.17, 15) is 18.0 Å². The fraction of sp³-hybridized carbons (Fsp3) is 0.111. The normalized spacial score (nSPS) is 12.3. The standard InChI is InChI=1S/C27H22F3N3O2/c1-2-35-21-15-11-19(12-16-21)22(18-9-13-20(14-10-18)27(28,29)30)5-3-8-26(34)32-24-6-4-7-25-23(24)17-31-33-25/h3-17H,2H2,1H3,(H,31,33)(H,32,34). The van der Waals surface area contributed by atoms with Crippen molar-refractivity contribution in [1.29, 1.82) is 0 Å². The lowest BCUT2D eigenvalue weighted by atomic mass is 9.96. The summed E-state index contributed by atoms with van der Waals surface area (Å²) in [4.78, 5) is 12.5. The maximum atomic E-state index is 13.0. The summed E-state index contributed by atoms with van der Waals surface area (Å²) in [7, 11) is 0. The molecule has 0 aliphatic carbocycles. The number of rotatable bonds is 7. The van der Waals surface area contributed by atoms with Gasteiger partial charge in [0, 0.05) is 11.5 Å². The minimum Gasteiger partial charge on any atom is -0.494 e. The average molecular weight is 477 g/mol. The maximum absolute atomic E-state index is 13.0. The van der Waals surface area contributed by atoms with Crippen LogP contribution < -0.4 is 10.1 Å². The number of alkyl halides is 3. The third-order valence-corrected chi connectivity index (χ3v) is 5.25. The topological polar surface area (TPSA) is 67.0 Å². The van der Waals surface area contributed by atoms with Gasteiger partial charge in [0.05, 0.1) is 29.6 Å². The van der Waals surface area contributed by atoms with Crippen molar-refractivity contribution in [3.05, 3.63) is 108 Å². The summed E-state index contributed by atoms with van der Waals surface area (Å²) in [5.41, 5.74) is 2.69. The number of ether oxygens (including phenoxy) is 1. The van der Waals surface area contributed by atoms with Crippen molar-refractivity contribution in [2.45, 2.75) is 13.1 Å². The van der Waals surface area contributed by atoms with Gasteiger partial charge in [-0.3, -0.25) is 9.89 Å². The summed E-state index contributed by atoms with van der Waals surface area (Å²) in [5.74, 6) is 0.333. The highest BCUT2D eigenvalue weighted by Crippen LogP contribution is 2.32. The zero-order valence-electron chi connectivity index (χ0n) is 18.8. The number of nitrogens with zero attached hydrogens (tertiary/aromatic N) is 1. The third-order valence-electron chi connectivity index (χ3n) is 5.25. The Morgan fingerprint density at radius 1 is 1.03 bits per heavy atom. The molecule has 0 aliphatic heterocycles. The van der Waals surface area contributed by atoms with E-state index in [2.05, 4.69) is 15.5 Å². The molecule has 3 aromatic carbocycles. The van der Waals surface area contributed by atoms with E-state index in [0.717, 1.165) is 28.6 Å². The number of fused-ring (bicyclic) bond motifs is 1. The quantitative estimate of drug-likeness (QED) is 0.233. The Kier molecular flexibility index (Phi) is 7.01. The number of anilines is 1. The molecular formula is C27H22F3N3O2. The predicted octanol–water partition coefficient (Wildman–Crippen LogP) is 6.61. The molecule has 8 heteroatoms. The predicted molar refractivity (Wildman–Crippen MR) is 130 cm³/mol. The van der Waals surface area contributed by atoms with Crippen molar-refractivity contribution in [3.8, 4) is 5.75 Å². The summed E-state index contributed by atoms with van der Waals surface area (Å²) in [6, 6.07) is 17.6. The summed E-state index contributed by atoms with van der Waals surface area (Å²) >= 11 is 0. The lowest BCUT2D eigenvalue weighted by Crippen LogP contribution is -2.07. The highest BCUT2D eigenvalue weighted by atomic mass is 19.4. The minimum atomic E-state index is -4.42. The molecule has 4 rings (SSSR count). The fourth-order valence-electron chi connectivity index (χ4n) is 3.58. The van der Waals surface area contributed by atoms with E-state index in [1.54, 1.807) is 42.6 Å². The second-order valence-corrected chi connectivity index (χ2v) is 7.60. The van der Waals surface area contributed by atoms with E-state index >= 15 is 0 Å². The maximum Gasteiger partial charge on any atom is 0.416 e. The summed E-state index contributed by atoms with van der Waals surface area (Å²) < 4.78 is 44.5. The molecule has 2 N–H and O–H groups in total. The second-order valence-electron chi connectivity index (χ2n) is 7.60. The van der Waals surface area contributed by atoms with Gasteiger partial charge in [-0.1, -0.05) is 42.5 Å². The molecule has 5 nitrogen and oxygen atoms in total. The number of halogens is 3. The molecule has 1 heterocycles. The molecule has 0 aliphatic rings. The molecule has 178 valence electrons. The Morgan fingerprint density at radius 2 is 1.71 bits per heavy atom. The van der Waals surface area contributed by atoms with Crippen LogP contribution in [-0.4, -0.2) is 22.7 Å². The second kappa shape index (κ2) is 10.3. The number of aromatic amines is 1. The summed E-state index contributed by atoms with van der Waals surface area (Å²) in [6.45, 7) is 2.40. The van der Waals surface area contributed by atoms with Crippen molar-refractivity contribution in [1.82, 2.24) is 10.2 Å². The first kappa shape index (κ1) is 23.8. The van der Waals surface area contributed by atoms with E-state index in [0.29, 0.717) is 29.2 Å². The molecule has 0 atom stereocenters. The zero-order chi connectivity index (χ0) is 24.8. The number of carbonyl (C=O) groups excluding carboxylic acids is 1.